The van der Waals surface area contributed by atoms with Gasteiger partial charge < -0.3 is 4.74 Å². The second-order valence-corrected chi connectivity index (χ2v) is 9.45. The van der Waals surface area contributed by atoms with Gasteiger partial charge in [0.05, 0.1) is 26.8 Å². The normalized spacial score (nSPS) is 19.5. The highest BCUT2D eigenvalue weighted by Crippen LogP contribution is 2.37. The fourth-order valence-electron chi connectivity index (χ4n) is 4.78. The third-order valence-corrected chi connectivity index (χ3v) is 7.15. The van der Waals surface area contributed by atoms with Gasteiger partial charge in [0.25, 0.3) is 0 Å². The van der Waals surface area contributed by atoms with Crippen molar-refractivity contribution in [3.63, 3.8) is 0 Å². The summed E-state index contributed by atoms with van der Waals surface area (Å²) in [6.45, 7) is 0. The predicted octanol–water partition coefficient (Wildman–Crippen LogP) is 7.09. The lowest BCUT2D eigenvalue weighted by Crippen LogP contribution is -2.30. The molecule has 3 aromatic rings. The van der Waals surface area contributed by atoms with Gasteiger partial charge in [0.1, 0.15) is 0 Å². The van der Waals surface area contributed by atoms with E-state index in [4.69, 9.17) is 32.9 Å². The molecule has 1 aromatic heterocycles. The van der Waals surface area contributed by atoms with Crippen LogP contribution in [-0.2, 0) is 16.0 Å². The molecule has 2 aliphatic carbocycles. The third kappa shape index (κ3) is 4.42. The van der Waals surface area contributed by atoms with Crippen molar-refractivity contribution in [2.75, 3.05) is 0 Å². The molecule has 1 heterocycles. The molecule has 2 aliphatic rings. The molecule has 4 nitrogen and oxygen atoms in total. The molecule has 1 unspecified atom stereocenters. The van der Waals surface area contributed by atoms with Crippen LogP contribution in [0.25, 0.3) is 22.6 Å². The fraction of sp³-hybridized carbons (Fsp3) is 0.296. The number of nitrogens with zero attached hydrogens (tertiary/aromatic N) is 1. The second kappa shape index (κ2) is 9.28. The third-order valence-electron chi connectivity index (χ3n) is 6.41. The molecule has 0 N–H and O–H groups in total. The Morgan fingerprint density at radius 2 is 1.85 bits per heavy atom. The lowest BCUT2D eigenvalue weighted by Gasteiger charge is -2.25. The number of hydrogen-bond acceptors (Lipinski definition) is 4. The first-order valence-corrected chi connectivity index (χ1v) is 12.1. The first-order chi connectivity index (χ1) is 16.0. The van der Waals surface area contributed by atoms with E-state index in [1.807, 2.05) is 36.4 Å². The summed E-state index contributed by atoms with van der Waals surface area (Å²) < 4.78 is 5.78. The SMILES string of the molecule is O=C(OC1CCCCC1=O)c1c2c(nc3ccccc13)C(=Cc1ccc(Cl)c(Cl)c1)CCC2. The van der Waals surface area contributed by atoms with E-state index in [9.17, 15) is 9.59 Å². The molecule has 33 heavy (non-hydrogen) atoms. The van der Waals surface area contributed by atoms with E-state index in [2.05, 4.69) is 6.08 Å². The Hall–Kier alpha value is -2.69. The van der Waals surface area contributed by atoms with Gasteiger partial charge in [-0.3, -0.25) is 4.79 Å². The van der Waals surface area contributed by atoms with Crippen LogP contribution in [0, 0.1) is 0 Å². The number of hydrogen-bond donors (Lipinski definition) is 0. The van der Waals surface area contributed by atoms with Crippen LogP contribution >= 0.6 is 23.2 Å². The number of carbonyl (C=O) groups excluding carboxylic acids is 2. The quantitative estimate of drug-likeness (QED) is 0.376. The van der Waals surface area contributed by atoms with Crippen molar-refractivity contribution in [1.82, 2.24) is 4.98 Å². The van der Waals surface area contributed by atoms with Crippen molar-refractivity contribution in [3.05, 3.63) is 74.9 Å². The van der Waals surface area contributed by atoms with E-state index in [0.717, 1.165) is 65.4 Å². The summed E-state index contributed by atoms with van der Waals surface area (Å²) in [7, 11) is 0. The second-order valence-electron chi connectivity index (χ2n) is 8.63. The van der Waals surface area contributed by atoms with Crippen molar-refractivity contribution >= 4 is 57.5 Å². The Bertz CT molecular complexity index is 1300. The lowest BCUT2D eigenvalue weighted by atomic mass is 9.86. The number of esters is 1. The zero-order valence-corrected chi connectivity index (χ0v) is 19.6. The molecular formula is C27H23Cl2NO3. The Morgan fingerprint density at radius 1 is 1.00 bits per heavy atom. The van der Waals surface area contributed by atoms with Crippen molar-refractivity contribution in [1.29, 1.82) is 0 Å². The van der Waals surface area contributed by atoms with Gasteiger partial charge in [-0.05, 0) is 79.5 Å². The van der Waals surface area contributed by atoms with Gasteiger partial charge in [-0.25, -0.2) is 9.78 Å². The minimum absolute atomic E-state index is 0.0158. The minimum atomic E-state index is -0.649. The predicted molar refractivity (Wildman–Crippen MR) is 132 cm³/mol. The Labute approximate surface area is 202 Å². The van der Waals surface area contributed by atoms with Gasteiger partial charge in [0, 0.05) is 11.8 Å². The molecule has 1 fully saturated rings. The van der Waals surface area contributed by atoms with E-state index in [-0.39, 0.29) is 5.78 Å². The van der Waals surface area contributed by atoms with Crippen LogP contribution in [0.15, 0.2) is 42.5 Å². The number of carbonyl (C=O) groups is 2. The number of fused-ring (bicyclic) bond motifs is 2. The zero-order valence-electron chi connectivity index (χ0n) is 18.1. The number of para-hydroxylation sites is 1. The number of pyridine rings is 1. The van der Waals surface area contributed by atoms with Gasteiger partial charge in [0.2, 0.25) is 0 Å². The summed E-state index contributed by atoms with van der Waals surface area (Å²) in [4.78, 5) is 30.7. The monoisotopic (exact) mass is 479 g/mol. The number of halogens is 2. The van der Waals surface area contributed by atoms with Gasteiger partial charge in [0.15, 0.2) is 11.9 Å². The van der Waals surface area contributed by atoms with E-state index >= 15 is 0 Å². The van der Waals surface area contributed by atoms with E-state index < -0.39 is 12.1 Å². The summed E-state index contributed by atoms with van der Waals surface area (Å²) >= 11 is 12.3. The number of benzene rings is 2. The van der Waals surface area contributed by atoms with Crippen LogP contribution in [0.4, 0.5) is 0 Å². The van der Waals surface area contributed by atoms with Crippen LogP contribution in [0.2, 0.25) is 10.0 Å². The minimum Gasteiger partial charge on any atom is -0.451 e. The molecule has 2 aromatic carbocycles. The molecule has 0 aliphatic heterocycles. The number of ether oxygens (including phenoxy) is 1. The number of rotatable bonds is 3. The highest BCUT2D eigenvalue weighted by molar-refractivity contribution is 6.42. The van der Waals surface area contributed by atoms with Gasteiger partial charge in [-0.15, -0.1) is 0 Å². The smallest absolute Gasteiger partial charge is 0.339 e. The molecule has 0 amide bonds. The van der Waals surface area contributed by atoms with Gasteiger partial charge in [-0.1, -0.05) is 47.5 Å². The molecule has 1 saturated carbocycles. The van der Waals surface area contributed by atoms with Gasteiger partial charge in [-0.2, -0.15) is 0 Å². The summed E-state index contributed by atoms with van der Waals surface area (Å²) in [5.74, 6) is -0.414. The maximum atomic E-state index is 13.4. The first kappa shape index (κ1) is 22.1. The highest BCUT2D eigenvalue weighted by atomic mass is 35.5. The average molecular weight is 480 g/mol. The van der Waals surface area contributed by atoms with Crippen molar-refractivity contribution < 1.29 is 14.3 Å². The first-order valence-electron chi connectivity index (χ1n) is 11.3. The number of Topliss-reactive ketones (excluding diaryl/α,β-unsaturated/α-hetero) is 1. The molecular weight excluding hydrogens is 457 g/mol. The number of aromatic nitrogens is 1. The van der Waals surface area contributed by atoms with Crippen LogP contribution < -0.4 is 0 Å². The van der Waals surface area contributed by atoms with Crippen molar-refractivity contribution in [2.45, 2.75) is 51.0 Å². The molecule has 0 bridgehead atoms. The maximum absolute atomic E-state index is 13.4. The average Bonchev–Trinajstić information content (AvgIpc) is 2.81. The summed E-state index contributed by atoms with van der Waals surface area (Å²) in [5.41, 5.74) is 4.95. The van der Waals surface area contributed by atoms with Crippen molar-refractivity contribution in [2.24, 2.45) is 0 Å². The molecule has 0 radical (unpaired) electrons. The summed E-state index contributed by atoms with van der Waals surface area (Å²) in [6, 6.07) is 13.1. The van der Waals surface area contributed by atoms with Crippen LogP contribution in [0.5, 0.6) is 0 Å². The van der Waals surface area contributed by atoms with Crippen LogP contribution in [0.1, 0.15) is 65.7 Å². The summed E-state index contributed by atoms with van der Waals surface area (Å²) in [5, 5.41) is 1.77. The van der Waals surface area contributed by atoms with Gasteiger partial charge >= 0.3 is 5.97 Å². The molecule has 0 saturated heterocycles. The summed E-state index contributed by atoms with van der Waals surface area (Å²) in [6.07, 6.45) is 6.71. The van der Waals surface area contributed by atoms with E-state index in [1.54, 1.807) is 6.07 Å². The molecule has 168 valence electrons. The largest absolute Gasteiger partial charge is 0.451 e. The van der Waals surface area contributed by atoms with E-state index in [1.165, 1.54) is 0 Å². The Kier molecular flexibility index (Phi) is 6.22. The zero-order chi connectivity index (χ0) is 22.9. The fourth-order valence-corrected chi connectivity index (χ4v) is 5.08. The van der Waals surface area contributed by atoms with Crippen LogP contribution in [-0.4, -0.2) is 22.8 Å². The standard InChI is InChI=1S/C27H23Cl2NO3/c28-20-13-12-16(15-21(20)29)14-17-6-5-8-19-25(18-7-1-2-9-22(18)30-26(17)19)27(32)33-24-11-4-3-10-23(24)31/h1-2,7,9,12-15,24H,3-6,8,10-11H2. The van der Waals surface area contributed by atoms with Crippen molar-refractivity contribution in [3.8, 4) is 0 Å². The number of allylic oxidation sites excluding steroid dienone is 1. The topological polar surface area (TPSA) is 56.3 Å². The Morgan fingerprint density at radius 3 is 2.67 bits per heavy atom. The molecule has 6 heteroatoms. The van der Waals surface area contributed by atoms with E-state index in [0.29, 0.717) is 28.5 Å². The molecule has 5 rings (SSSR count). The lowest BCUT2D eigenvalue weighted by molar-refractivity contribution is -0.129. The number of ketones is 1. The highest BCUT2D eigenvalue weighted by Gasteiger charge is 2.30. The van der Waals surface area contributed by atoms with Crippen LogP contribution in [0.3, 0.4) is 0 Å². The Balaban J connectivity index is 1.61. The molecule has 0 spiro atoms. The maximum Gasteiger partial charge on any atom is 0.339 e. The molecule has 1 atom stereocenters.